The van der Waals surface area contributed by atoms with Crippen LogP contribution in [0.5, 0.6) is 0 Å². The van der Waals surface area contributed by atoms with Crippen LogP contribution in [-0.2, 0) is 0 Å². The van der Waals surface area contributed by atoms with Crippen LogP contribution in [0.25, 0.3) is 0 Å². The maximum Gasteiger partial charge on any atom is 0.0305 e. The third kappa shape index (κ3) is 4.31. The van der Waals surface area contributed by atoms with Gasteiger partial charge in [0.25, 0.3) is 0 Å². The summed E-state index contributed by atoms with van der Waals surface area (Å²) in [5.41, 5.74) is 1.36. The zero-order valence-corrected chi connectivity index (χ0v) is 14.5. The van der Waals surface area contributed by atoms with Gasteiger partial charge in [-0.1, -0.05) is 34.1 Å². The molecular formula is C17H27BrN2. The van der Waals surface area contributed by atoms with E-state index in [4.69, 9.17) is 0 Å². The maximum absolute atomic E-state index is 3.82. The van der Waals surface area contributed by atoms with Crippen molar-refractivity contribution in [3.05, 3.63) is 34.3 Å². The highest BCUT2D eigenvalue weighted by atomic mass is 79.9. The molecule has 1 aliphatic rings. The molecule has 2 rings (SSSR count). The standard InChI is InChI=1S/C17H27BrN2/c1-13(2)20-11-6-7-15(10-12-20)19-14(3)16-8-4-5-9-17(16)18/h4-5,8-9,13-15,19H,6-7,10-12H2,1-3H3. The van der Waals surface area contributed by atoms with Crippen molar-refractivity contribution in [2.24, 2.45) is 0 Å². The lowest BCUT2D eigenvalue weighted by atomic mass is 10.0. The molecule has 1 aliphatic heterocycles. The fourth-order valence-corrected chi connectivity index (χ4v) is 3.70. The second kappa shape index (κ2) is 7.58. The molecule has 0 amide bonds. The van der Waals surface area contributed by atoms with E-state index in [9.17, 15) is 0 Å². The summed E-state index contributed by atoms with van der Waals surface area (Å²) in [7, 11) is 0. The second-order valence-corrected chi connectivity index (χ2v) is 7.02. The van der Waals surface area contributed by atoms with Gasteiger partial charge in [0.05, 0.1) is 0 Å². The summed E-state index contributed by atoms with van der Waals surface area (Å²) >= 11 is 3.66. The Balaban J connectivity index is 1.92. The van der Waals surface area contributed by atoms with Crippen LogP contribution in [0.2, 0.25) is 0 Å². The van der Waals surface area contributed by atoms with Gasteiger partial charge in [0.2, 0.25) is 0 Å². The molecule has 1 N–H and O–H groups in total. The van der Waals surface area contributed by atoms with Crippen molar-refractivity contribution in [3.63, 3.8) is 0 Å². The Morgan fingerprint density at radius 2 is 1.90 bits per heavy atom. The molecule has 20 heavy (non-hydrogen) atoms. The fourth-order valence-electron chi connectivity index (χ4n) is 3.07. The lowest BCUT2D eigenvalue weighted by Gasteiger charge is -2.25. The Bertz CT molecular complexity index is 419. The highest BCUT2D eigenvalue weighted by Crippen LogP contribution is 2.24. The number of likely N-dealkylation sites (tertiary alicyclic amines) is 1. The van der Waals surface area contributed by atoms with Crippen molar-refractivity contribution in [2.45, 2.75) is 58.2 Å². The first-order chi connectivity index (χ1) is 9.58. The lowest BCUT2D eigenvalue weighted by molar-refractivity contribution is 0.228. The Hall–Kier alpha value is -0.380. The number of nitrogens with one attached hydrogen (secondary N) is 1. The fraction of sp³-hybridized carbons (Fsp3) is 0.647. The van der Waals surface area contributed by atoms with Crippen LogP contribution in [-0.4, -0.2) is 30.1 Å². The number of nitrogens with zero attached hydrogens (tertiary/aromatic N) is 1. The highest BCUT2D eigenvalue weighted by molar-refractivity contribution is 9.10. The predicted molar refractivity (Wildman–Crippen MR) is 90.0 cm³/mol. The van der Waals surface area contributed by atoms with E-state index in [-0.39, 0.29) is 0 Å². The topological polar surface area (TPSA) is 15.3 Å². The van der Waals surface area contributed by atoms with Crippen LogP contribution in [0.1, 0.15) is 51.6 Å². The van der Waals surface area contributed by atoms with Gasteiger partial charge in [0.15, 0.2) is 0 Å². The van der Waals surface area contributed by atoms with Crippen molar-refractivity contribution >= 4 is 15.9 Å². The van der Waals surface area contributed by atoms with Gasteiger partial charge in [-0.15, -0.1) is 0 Å². The van der Waals surface area contributed by atoms with Crippen LogP contribution in [0.4, 0.5) is 0 Å². The van der Waals surface area contributed by atoms with E-state index in [0.29, 0.717) is 18.1 Å². The molecule has 1 aromatic carbocycles. The van der Waals surface area contributed by atoms with Crippen molar-refractivity contribution in [1.29, 1.82) is 0 Å². The molecule has 0 aromatic heterocycles. The minimum absolute atomic E-state index is 0.404. The van der Waals surface area contributed by atoms with E-state index >= 15 is 0 Å². The molecule has 1 saturated heterocycles. The van der Waals surface area contributed by atoms with E-state index < -0.39 is 0 Å². The summed E-state index contributed by atoms with van der Waals surface area (Å²) in [6.45, 7) is 9.34. The van der Waals surface area contributed by atoms with E-state index in [1.54, 1.807) is 0 Å². The van der Waals surface area contributed by atoms with Crippen molar-refractivity contribution < 1.29 is 0 Å². The summed E-state index contributed by atoms with van der Waals surface area (Å²) in [5, 5.41) is 3.82. The molecule has 112 valence electrons. The molecule has 2 atom stereocenters. The Morgan fingerprint density at radius 1 is 1.15 bits per heavy atom. The Labute approximate surface area is 132 Å². The minimum atomic E-state index is 0.404. The quantitative estimate of drug-likeness (QED) is 0.877. The molecule has 1 fully saturated rings. The molecule has 2 unspecified atom stereocenters. The minimum Gasteiger partial charge on any atom is -0.307 e. The summed E-state index contributed by atoms with van der Waals surface area (Å²) in [6, 6.07) is 10.2. The number of hydrogen-bond acceptors (Lipinski definition) is 2. The summed E-state index contributed by atoms with van der Waals surface area (Å²) in [4.78, 5) is 2.60. The molecule has 0 bridgehead atoms. The number of hydrogen-bond donors (Lipinski definition) is 1. The van der Waals surface area contributed by atoms with Gasteiger partial charge in [-0.25, -0.2) is 0 Å². The number of halogens is 1. The van der Waals surface area contributed by atoms with E-state index in [2.05, 4.69) is 71.2 Å². The largest absolute Gasteiger partial charge is 0.307 e. The van der Waals surface area contributed by atoms with Gasteiger partial charge >= 0.3 is 0 Å². The molecular weight excluding hydrogens is 312 g/mol. The van der Waals surface area contributed by atoms with Crippen LogP contribution < -0.4 is 5.32 Å². The third-order valence-electron chi connectivity index (χ3n) is 4.35. The highest BCUT2D eigenvalue weighted by Gasteiger charge is 2.20. The first-order valence-corrected chi connectivity index (χ1v) is 8.61. The maximum atomic E-state index is 3.82. The Kier molecular flexibility index (Phi) is 6.06. The van der Waals surface area contributed by atoms with Crippen molar-refractivity contribution in [3.8, 4) is 0 Å². The molecule has 0 saturated carbocycles. The van der Waals surface area contributed by atoms with Gasteiger partial charge in [0.1, 0.15) is 0 Å². The monoisotopic (exact) mass is 338 g/mol. The van der Waals surface area contributed by atoms with Crippen LogP contribution >= 0.6 is 15.9 Å². The van der Waals surface area contributed by atoms with E-state index in [1.165, 1.54) is 42.4 Å². The molecule has 3 heteroatoms. The zero-order chi connectivity index (χ0) is 14.5. The van der Waals surface area contributed by atoms with Gasteiger partial charge in [0, 0.05) is 22.6 Å². The van der Waals surface area contributed by atoms with Gasteiger partial charge < -0.3 is 10.2 Å². The first-order valence-electron chi connectivity index (χ1n) is 7.82. The Morgan fingerprint density at radius 3 is 2.60 bits per heavy atom. The SMILES string of the molecule is CC(NC1CCCN(C(C)C)CC1)c1ccccc1Br. The molecule has 1 aromatic rings. The third-order valence-corrected chi connectivity index (χ3v) is 5.07. The van der Waals surface area contributed by atoms with E-state index in [1.807, 2.05) is 0 Å². The summed E-state index contributed by atoms with van der Waals surface area (Å²) in [5.74, 6) is 0. The molecule has 0 aliphatic carbocycles. The van der Waals surface area contributed by atoms with Crippen molar-refractivity contribution in [1.82, 2.24) is 10.2 Å². The average molecular weight is 339 g/mol. The van der Waals surface area contributed by atoms with Crippen LogP contribution in [0, 0.1) is 0 Å². The van der Waals surface area contributed by atoms with Gasteiger partial charge in [-0.3, -0.25) is 0 Å². The van der Waals surface area contributed by atoms with Gasteiger partial charge in [-0.05, 0) is 64.8 Å². The lowest BCUT2D eigenvalue weighted by Crippen LogP contribution is -2.35. The molecule has 2 nitrogen and oxygen atoms in total. The predicted octanol–water partition coefficient (Wildman–Crippen LogP) is 4.36. The van der Waals surface area contributed by atoms with Gasteiger partial charge in [-0.2, -0.15) is 0 Å². The molecule has 1 heterocycles. The summed E-state index contributed by atoms with van der Waals surface area (Å²) in [6.07, 6.45) is 3.85. The number of rotatable bonds is 4. The smallest absolute Gasteiger partial charge is 0.0305 e. The average Bonchev–Trinajstić information content (AvgIpc) is 2.65. The molecule has 0 spiro atoms. The first kappa shape index (κ1) is 16.0. The van der Waals surface area contributed by atoms with Crippen molar-refractivity contribution in [2.75, 3.05) is 13.1 Å². The second-order valence-electron chi connectivity index (χ2n) is 6.17. The van der Waals surface area contributed by atoms with Crippen LogP contribution in [0.15, 0.2) is 28.7 Å². The molecule has 0 radical (unpaired) electrons. The van der Waals surface area contributed by atoms with E-state index in [0.717, 1.165) is 0 Å². The zero-order valence-electron chi connectivity index (χ0n) is 12.9. The summed E-state index contributed by atoms with van der Waals surface area (Å²) < 4.78 is 1.21. The normalized spacial score (nSPS) is 22.8. The van der Waals surface area contributed by atoms with Crippen LogP contribution in [0.3, 0.4) is 0 Å². The number of benzene rings is 1.